The zero-order valence-corrected chi connectivity index (χ0v) is 15.0. The van der Waals surface area contributed by atoms with Gasteiger partial charge < -0.3 is 10.6 Å². The first-order valence-electron chi connectivity index (χ1n) is 8.72. The number of hydrogen-bond acceptors (Lipinski definition) is 3. The molecular formula is C20H23N5O. The van der Waals surface area contributed by atoms with E-state index in [1.807, 2.05) is 60.2 Å². The lowest BCUT2D eigenvalue weighted by Crippen LogP contribution is -2.37. The highest BCUT2D eigenvalue weighted by Gasteiger charge is 2.13. The highest BCUT2D eigenvalue weighted by atomic mass is 16.2. The van der Waals surface area contributed by atoms with Crippen molar-refractivity contribution in [1.82, 2.24) is 25.2 Å². The fourth-order valence-electron chi connectivity index (χ4n) is 2.88. The SMILES string of the molecule is CC[C@H](NC(=O)NCc1cccnc1-n1ccnc1C)c1ccccc1. The summed E-state index contributed by atoms with van der Waals surface area (Å²) in [6, 6.07) is 13.6. The Hall–Kier alpha value is -3.15. The Kier molecular flexibility index (Phi) is 5.63. The molecule has 6 heteroatoms. The molecule has 6 nitrogen and oxygen atoms in total. The van der Waals surface area contributed by atoms with Gasteiger partial charge in [-0.1, -0.05) is 43.3 Å². The zero-order chi connectivity index (χ0) is 18.4. The Morgan fingerprint density at radius 1 is 1.12 bits per heavy atom. The number of imidazole rings is 1. The van der Waals surface area contributed by atoms with Gasteiger partial charge in [0.15, 0.2) is 0 Å². The molecule has 2 N–H and O–H groups in total. The van der Waals surface area contributed by atoms with Crippen molar-refractivity contribution >= 4 is 6.03 Å². The van der Waals surface area contributed by atoms with E-state index >= 15 is 0 Å². The molecule has 1 atom stereocenters. The summed E-state index contributed by atoms with van der Waals surface area (Å²) in [4.78, 5) is 21.0. The molecule has 0 unspecified atom stereocenters. The van der Waals surface area contributed by atoms with E-state index < -0.39 is 0 Å². The monoisotopic (exact) mass is 349 g/mol. The third-order valence-corrected chi connectivity index (χ3v) is 4.28. The number of benzene rings is 1. The molecule has 0 aliphatic rings. The average Bonchev–Trinajstić information content (AvgIpc) is 3.11. The van der Waals surface area contributed by atoms with E-state index in [1.165, 1.54) is 0 Å². The molecule has 2 aromatic heterocycles. The van der Waals surface area contributed by atoms with Crippen LogP contribution in [0.2, 0.25) is 0 Å². The van der Waals surface area contributed by atoms with Crippen molar-refractivity contribution in [2.45, 2.75) is 32.9 Å². The quantitative estimate of drug-likeness (QED) is 0.715. The van der Waals surface area contributed by atoms with Gasteiger partial charge in [0.05, 0.1) is 6.04 Å². The first-order chi connectivity index (χ1) is 12.7. The summed E-state index contributed by atoms with van der Waals surface area (Å²) in [5, 5.41) is 5.96. The third kappa shape index (κ3) is 4.08. The second kappa shape index (κ2) is 8.29. The molecule has 2 amide bonds. The zero-order valence-electron chi connectivity index (χ0n) is 15.0. The van der Waals surface area contributed by atoms with Gasteiger partial charge in [0.1, 0.15) is 11.6 Å². The number of rotatable bonds is 6. The maximum absolute atomic E-state index is 12.4. The van der Waals surface area contributed by atoms with Crippen molar-refractivity contribution in [3.05, 3.63) is 78.0 Å². The van der Waals surface area contributed by atoms with Gasteiger partial charge in [0.2, 0.25) is 0 Å². The van der Waals surface area contributed by atoms with E-state index in [2.05, 4.69) is 27.5 Å². The average molecular weight is 349 g/mol. The van der Waals surface area contributed by atoms with E-state index in [1.54, 1.807) is 12.4 Å². The topological polar surface area (TPSA) is 71.8 Å². The van der Waals surface area contributed by atoms with Crippen molar-refractivity contribution in [1.29, 1.82) is 0 Å². The third-order valence-electron chi connectivity index (χ3n) is 4.28. The minimum Gasteiger partial charge on any atom is -0.334 e. The van der Waals surface area contributed by atoms with Gasteiger partial charge >= 0.3 is 6.03 Å². The Labute approximate surface area is 153 Å². The Morgan fingerprint density at radius 3 is 2.62 bits per heavy atom. The van der Waals surface area contributed by atoms with Gasteiger partial charge in [-0.15, -0.1) is 0 Å². The second-order valence-corrected chi connectivity index (χ2v) is 6.03. The molecule has 0 saturated carbocycles. The van der Waals surface area contributed by atoms with Crippen molar-refractivity contribution in [2.75, 3.05) is 0 Å². The predicted octanol–water partition coefficient (Wildman–Crippen LogP) is 3.53. The normalized spacial score (nSPS) is 11.8. The van der Waals surface area contributed by atoms with Crippen LogP contribution in [0.1, 0.15) is 36.3 Å². The maximum Gasteiger partial charge on any atom is 0.315 e. The number of pyridine rings is 1. The lowest BCUT2D eigenvalue weighted by atomic mass is 10.1. The van der Waals surface area contributed by atoms with Crippen molar-refractivity contribution in [2.24, 2.45) is 0 Å². The van der Waals surface area contributed by atoms with E-state index in [9.17, 15) is 4.79 Å². The lowest BCUT2D eigenvalue weighted by molar-refractivity contribution is 0.236. The molecule has 0 fully saturated rings. The Bertz CT molecular complexity index is 859. The number of amides is 2. The number of aromatic nitrogens is 3. The van der Waals surface area contributed by atoms with Crippen LogP contribution in [0.5, 0.6) is 0 Å². The number of hydrogen-bond donors (Lipinski definition) is 2. The van der Waals surface area contributed by atoms with Crippen LogP contribution < -0.4 is 10.6 Å². The summed E-state index contributed by atoms with van der Waals surface area (Å²) in [7, 11) is 0. The lowest BCUT2D eigenvalue weighted by Gasteiger charge is -2.18. The standard InChI is InChI=1S/C20H23N5O/c1-3-18(16-8-5-4-6-9-16)24-20(26)23-14-17-10-7-11-22-19(17)25-13-12-21-15(25)2/h4-13,18H,3,14H2,1-2H3,(H2,23,24,26)/t18-/m0/s1. The van der Waals surface area contributed by atoms with E-state index in [0.29, 0.717) is 6.54 Å². The largest absolute Gasteiger partial charge is 0.334 e. The molecule has 0 spiro atoms. The molecule has 26 heavy (non-hydrogen) atoms. The molecule has 0 bridgehead atoms. The van der Waals surface area contributed by atoms with Crippen molar-refractivity contribution in [3.8, 4) is 5.82 Å². The fourth-order valence-corrected chi connectivity index (χ4v) is 2.88. The van der Waals surface area contributed by atoms with Crippen LogP contribution in [-0.4, -0.2) is 20.6 Å². The summed E-state index contributed by atoms with van der Waals surface area (Å²) >= 11 is 0. The van der Waals surface area contributed by atoms with Crippen LogP contribution in [0.25, 0.3) is 5.82 Å². The van der Waals surface area contributed by atoms with Crippen LogP contribution in [0.3, 0.4) is 0 Å². The van der Waals surface area contributed by atoms with Crippen LogP contribution in [0, 0.1) is 6.92 Å². The molecule has 2 heterocycles. The number of urea groups is 1. The van der Waals surface area contributed by atoms with Gasteiger partial charge in [-0.25, -0.2) is 14.8 Å². The molecular weight excluding hydrogens is 326 g/mol. The minimum atomic E-state index is -0.196. The highest BCUT2D eigenvalue weighted by Crippen LogP contribution is 2.16. The van der Waals surface area contributed by atoms with Gasteiger partial charge in [-0.3, -0.25) is 4.57 Å². The Morgan fingerprint density at radius 2 is 1.92 bits per heavy atom. The fraction of sp³-hybridized carbons (Fsp3) is 0.250. The molecule has 0 saturated heterocycles. The summed E-state index contributed by atoms with van der Waals surface area (Å²) in [5.41, 5.74) is 2.03. The summed E-state index contributed by atoms with van der Waals surface area (Å²) in [5.74, 6) is 1.63. The maximum atomic E-state index is 12.4. The first kappa shape index (κ1) is 17.7. The van der Waals surface area contributed by atoms with Crippen LogP contribution in [0.15, 0.2) is 61.1 Å². The van der Waals surface area contributed by atoms with Gasteiger partial charge in [-0.05, 0) is 25.0 Å². The molecule has 134 valence electrons. The van der Waals surface area contributed by atoms with Crippen LogP contribution in [-0.2, 0) is 6.54 Å². The Balaban J connectivity index is 1.66. The van der Waals surface area contributed by atoms with Gasteiger partial charge in [0, 0.05) is 30.7 Å². The van der Waals surface area contributed by atoms with E-state index in [4.69, 9.17) is 0 Å². The second-order valence-electron chi connectivity index (χ2n) is 6.03. The molecule has 0 aliphatic carbocycles. The molecule has 0 radical (unpaired) electrons. The molecule has 3 rings (SSSR count). The predicted molar refractivity (Wildman–Crippen MR) is 101 cm³/mol. The molecule has 3 aromatic rings. The van der Waals surface area contributed by atoms with Gasteiger partial charge in [0.25, 0.3) is 0 Å². The van der Waals surface area contributed by atoms with E-state index in [0.717, 1.165) is 29.2 Å². The number of nitrogens with zero attached hydrogens (tertiary/aromatic N) is 3. The van der Waals surface area contributed by atoms with Crippen molar-refractivity contribution in [3.63, 3.8) is 0 Å². The smallest absolute Gasteiger partial charge is 0.315 e. The summed E-state index contributed by atoms with van der Waals surface area (Å²) < 4.78 is 1.91. The number of aryl methyl sites for hydroxylation is 1. The molecule has 0 aliphatic heterocycles. The summed E-state index contributed by atoms with van der Waals surface area (Å²) in [6.45, 7) is 4.36. The van der Waals surface area contributed by atoms with E-state index in [-0.39, 0.29) is 12.1 Å². The summed E-state index contributed by atoms with van der Waals surface area (Å²) in [6.07, 6.45) is 6.16. The van der Waals surface area contributed by atoms with Crippen molar-refractivity contribution < 1.29 is 4.79 Å². The highest BCUT2D eigenvalue weighted by molar-refractivity contribution is 5.74. The number of carbonyl (C=O) groups excluding carboxylic acids is 1. The molecule has 1 aromatic carbocycles. The van der Waals surface area contributed by atoms with Crippen LogP contribution >= 0.6 is 0 Å². The van der Waals surface area contributed by atoms with Gasteiger partial charge in [-0.2, -0.15) is 0 Å². The number of nitrogens with one attached hydrogen (secondary N) is 2. The minimum absolute atomic E-state index is 0.0135. The number of carbonyl (C=O) groups is 1. The van der Waals surface area contributed by atoms with Crippen LogP contribution in [0.4, 0.5) is 4.79 Å². The first-order valence-corrected chi connectivity index (χ1v) is 8.72.